The van der Waals surface area contributed by atoms with E-state index in [0.717, 1.165) is 24.1 Å². The van der Waals surface area contributed by atoms with Crippen LogP contribution < -0.4 is 16.0 Å². The molecule has 0 radical (unpaired) electrons. The van der Waals surface area contributed by atoms with Crippen LogP contribution in [0.2, 0.25) is 0 Å². The van der Waals surface area contributed by atoms with Crippen molar-refractivity contribution < 1.29 is 19.2 Å². The van der Waals surface area contributed by atoms with Gasteiger partial charge >= 0.3 is 0 Å². The second-order valence-electron chi connectivity index (χ2n) is 9.49. The SMILES string of the molecule is CC[C@H](C)[C@H](NC(C)=O)C(=O)NC1CCc2ccn3c2C1C(=O)CC(C(=O)NCc1nn[nH]n1)C3. The van der Waals surface area contributed by atoms with Gasteiger partial charge in [-0.1, -0.05) is 25.5 Å². The molecule has 12 heteroatoms. The smallest absolute Gasteiger partial charge is 0.243 e. The van der Waals surface area contributed by atoms with E-state index in [2.05, 4.69) is 36.6 Å². The Hall–Kier alpha value is -3.57. The molecule has 3 heterocycles. The molecule has 5 atom stereocenters. The first-order chi connectivity index (χ1) is 16.8. The predicted molar refractivity (Wildman–Crippen MR) is 124 cm³/mol. The fourth-order valence-electron chi connectivity index (χ4n) is 5.09. The Morgan fingerprint density at radius 1 is 1.31 bits per heavy atom. The van der Waals surface area contributed by atoms with Gasteiger partial charge in [-0.15, -0.1) is 10.2 Å². The molecule has 0 aromatic carbocycles. The number of tetrazole rings is 1. The molecular weight excluding hydrogens is 452 g/mol. The quantitative estimate of drug-likeness (QED) is 0.409. The van der Waals surface area contributed by atoms with Crippen LogP contribution in [0, 0.1) is 11.8 Å². The molecule has 35 heavy (non-hydrogen) atoms. The van der Waals surface area contributed by atoms with Gasteiger partial charge in [-0.3, -0.25) is 19.2 Å². The molecule has 12 nitrogen and oxygen atoms in total. The molecule has 4 N–H and O–H groups in total. The van der Waals surface area contributed by atoms with Gasteiger partial charge in [0.05, 0.1) is 18.4 Å². The van der Waals surface area contributed by atoms with E-state index in [1.165, 1.54) is 6.92 Å². The van der Waals surface area contributed by atoms with E-state index in [-0.39, 0.29) is 42.4 Å². The minimum Gasteiger partial charge on any atom is -0.350 e. The summed E-state index contributed by atoms with van der Waals surface area (Å²) in [5, 5.41) is 22.1. The number of aryl methyl sites for hydroxylation is 1. The van der Waals surface area contributed by atoms with Crippen LogP contribution in [0.4, 0.5) is 0 Å². The summed E-state index contributed by atoms with van der Waals surface area (Å²) in [5.41, 5.74) is 1.95. The Labute approximate surface area is 203 Å². The Balaban J connectivity index is 1.52. The number of H-pyrrole nitrogens is 1. The van der Waals surface area contributed by atoms with Gasteiger partial charge in [-0.2, -0.15) is 5.21 Å². The number of carbonyl (C=O) groups excluding carboxylic acids is 4. The molecule has 2 aliphatic rings. The topological polar surface area (TPSA) is 164 Å². The van der Waals surface area contributed by atoms with E-state index >= 15 is 0 Å². The zero-order valence-corrected chi connectivity index (χ0v) is 20.2. The fraction of sp³-hybridized carbons (Fsp3) is 0.609. The van der Waals surface area contributed by atoms with Gasteiger partial charge < -0.3 is 20.5 Å². The average molecular weight is 485 g/mol. The second kappa shape index (κ2) is 10.4. The van der Waals surface area contributed by atoms with Crippen molar-refractivity contribution in [3.8, 4) is 0 Å². The summed E-state index contributed by atoms with van der Waals surface area (Å²) < 4.78 is 1.97. The van der Waals surface area contributed by atoms with Gasteiger partial charge in [0.2, 0.25) is 17.7 Å². The number of amides is 3. The number of aromatic amines is 1. The molecule has 3 unspecified atom stereocenters. The number of nitrogens with one attached hydrogen (secondary N) is 4. The zero-order valence-electron chi connectivity index (χ0n) is 20.2. The third-order valence-corrected chi connectivity index (χ3v) is 7.09. The number of nitrogens with zero attached hydrogens (tertiary/aromatic N) is 4. The average Bonchev–Trinajstić information content (AvgIpc) is 3.46. The summed E-state index contributed by atoms with van der Waals surface area (Å²) in [6.07, 6.45) is 4.04. The molecule has 188 valence electrons. The maximum atomic E-state index is 13.5. The normalized spacial score (nSPS) is 22.9. The maximum absolute atomic E-state index is 13.5. The van der Waals surface area contributed by atoms with Crippen molar-refractivity contribution in [2.24, 2.45) is 11.8 Å². The maximum Gasteiger partial charge on any atom is 0.243 e. The standard InChI is InChI=1S/C23H32N8O4/c1-4-12(2)20(25-13(3)32)23(35)26-16-6-5-14-7-8-31-11-15(9-17(33)19(16)21(14)31)22(34)24-10-18-27-29-30-28-18/h7-8,12,15-16,19-20H,4-6,9-11H2,1-3H3,(H,24,34)(H,25,32)(H,26,35)(H,27,28,29,30)/t12-,15?,16?,19?,20-/m0/s1. The third-order valence-electron chi connectivity index (χ3n) is 7.09. The molecule has 0 spiro atoms. The molecule has 0 saturated carbocycles. The zero-order chi connectivity index (χ0) is 25.1. The van der Waals surface area contributed by atoms with E-state index < -0.39 is 23.9 Å². The van der Waals surface area contributed by atoms with Crippen LogP contribution in [-0.4, -0.2) is 60.8 Å². The van der Waals surface area contributed by atoms with Crippen molar-refractivity contribution in [2.75, 3.05) is 0 Å². The van der Waals surface area contributed by atoms with Gasteiger partial charge in [0.25, 0.3) is 0 Å². The number of aromatic nitrogens is 5. The van der Waals surface area contributed by atoms with Gasteiger partial charge in [-0.05, 0) is 30.4 Å². The number of rotatable bonds is 8. The molecule has 1 aliphatic carbocycles. The monoisotopic (exact) mass is 484 g/mol. The van der Waals surface area contributed by atoms with Crippen LogP contribution in [0.1, 0.15) is 63.0 Å². The largest absolute Gasteiger partial charge is 0.350 e. The van der Waals surface area contributed by atoms with E-state index in [0.29, 0.717) is 18.8 Å². The first-order valence-electron chi connectivity index (χ1n) is 12.1. The molecular formula is C23H32N8O4. The Bertz CT molecular complexity index is 1100. The van der Waals surface area contributed by atoms with Crippen LogP contribution in [0.3, 0.4) is 0 Å². The summed E-state index contributed by atoms with van der Waals surface area (Å²) in [6.45, 7) is 5.76. The Morgan fingerprint density at radius 2 is 2.11 bits per heavy atom. The van der Waals surface area contributed by atoms with Crippen LogP contribution in [0.15, 0.2) is 12.3 Å². The molecule has 0 fully saturated rings. The highest BCUT2D eigenvalue weighted by atomic mass is 16.2. The molecule has 0 saturated heterocycles. The highest BCUT2D eigenvalue weighted by Crippen LogP contribution is 2.38. The van der Waals surface area contributed by atoms with Crippen molar-refractivity contribution in [1.29, 1.82) is 0 Å². The minimum atomic E-state index is -0.671. The van der Waals surface area contributed by atoms with Crippen LogP contribution >= 0.6 is 0 Å². The van der Waals surface area contributed by atoms with Crippen LogP contribution in [0.25, 0.3) is 0 Å². The van der Waals surface area contributed by atoms with Crippen molar-refractivity contribution in [3.05, 3.63) is 29.3 Å². The van der Waals surface area contributed by atoms with Crippen LogP contribution in [-0.2, 0) is 38.7 Å². The van der Waals surface area contributed by atoms with Crippen molar-refractivity contribution in [1.82, 2.24) is 41.1 Å². The lowest BCUT2D eigenvalue weighted by Crippen LogP contribution is -2.54. The highest BCUT2D eigenvalue weighted by molar-refractivity contribution is 5.93. The van der Waals surface area contributed by atoms with E-state index in [1.807, 2.05) is 30.7 Å². The van der Waals surface area contributed by atoms with E-state index in [9.17, 15) is 19.2 Å². The second-order valence-corrected chi connectivity index (χ2v) is 9.49. The molecule has 2 aromatic heterocycles. The number of ketones is 1. The summed E-state index contributed by atoms with van der Waals surface area (Å²) in [4.78, 5) is 51.3. The molecule has 2 aromatic rings. The van der Waals surface area contributed by atoms with Crippen molar-refractivity contribution in [2.45, 2.75) is 77.5 Å². The van der Waals surface area contributed by atoms with Gasteiger partial charge in [-0.25, -0.2) is 0 Å². The number of carbonyl (C=O) groups is 4. The van der Waals surface area contributed by atoms with Crippen molar-refractivity contribution in [3.63, 3.8) is 0 Å². The Morgan fingerprint density at radius 3 is 2.80 bits per heavy atom. The summed E-state index contributed by atoms with van der Waals surface area (Å²) >= 11 is 0. The minimum absolute atomic E-state index is 0.0565. The lowest BCUT2D eigenvalue weighted by atomic mass is 9.79. The molecule has 0 bridgehead atoms. The first kappa shape index (κ1) is 24.6. The summed E-state index contributed by atoms with van der Waals surface area (Å²) in [5.74, 6) is -1.68. The third kappa shape index (κ3) is 5.25. The van der Waals surface area contributed by atoms with Gasteiger partial charge in [0.1, 0.15) is 11.8 Å². The molecule has 1 aliphatic heterocycles. The molecule has 4 rings (SSSR count). The Kier molecular flexibility index (Phi) is 7.27. The lowest BCUT2D eigenvalue weighted by Gasteiger charge is -2.34. The van der Waals surface area contributed by atoms with Gasteiger partial charge in [0, 0.05) is 37.8 Å². The first-order valence-corrected chi connectivity index (χ1v) is 12.1. The lowest BCUT2D eigenvalue weighted by molar-refractivity contribution is -0.132. The number of Topliss-reactive ketones (excluding diaryl/α,β-unsaturated/α-hetero) is 1. The van der Waals surface area contributed by atoms with E-state index in [1.54, 1.807) is 0 Å². The molecule has 3 amide bonds. The van der Waals surface area contributed by atoms with Gasteiger partial charge in [0.15, 0.2) is 5.82 Å². The summed E-state index contributed by atoms with van der Waals surface area (Å²) in [7, 11) is 0. The van der Waals surface area contributed by atoms with Crippen LogP contribution in [0.5, 0.6) is 0 Å². The number of hydrogen-bond donors (Lipinski definition) is 4. The number of hydrogen-bond acceptors (Lipinski definition) is 7. The fourth-order valence-corrected chi connectivity index (χ4v) is 5.09. The summed E-state index contributed by atoms with van der Waals surface area (Å²) in [6, 6.07) is 0.917. The van der Waals surface area contributed by atoms with Crippen molar-refractivity contribution >= 4 is 23.5 Å². The highest BCUT2D eigenvalue weighted by Gasteiger charge is 2.42. The predicted octanol–water partition coefficient (Wildman–Crippen LogP) is -0.0280. The van der Waals surface area contributed by atoms with E-state index in [4.69, 9.17) is 0 Å².